The van der Waals surface area contributed by atoms with Crippen LogP contribution in [0.3, 0.4) is 0 Å². The van der Waals surface area contributed by atoms with Crippen LogP contribution in [-0.4, -0.2) is 71.9 Å². The molecule has 2 aliphatic heterocycles. The molecule has 2 aromatic carbocycles. The second-order valence-corrected chi connectivity index (χ2v) is 10.6. The third-order valence-electron chi connectivity index (χ3n) is 7.86. The van der Waals surface area contributed by atoms with Gasteiger partial charge in [0, 0.05) is 18.8 Å². The van der Waals surface area contributed by atoms with E-state index in [1.54, 1.807) is 49.1 Å². The van der Waals surface area contributed by atoms with Gasteiger partial charge >= 0.3 is 6.03 Å². The molecule has 1 atom stereocenters. The maximum Gasteiger partial charge on any atom is 0.333 e. The molecule has 2 aromatic rings. The molecule has 2 heterocycles. The van der Waals surface area contributed by atoms with Crippen molar-refractivity contribution in [2.45, 2.75) is 51.6 Å². The van der Waals surface area contributed by atoms with Gasteiger partial charge in [-0.2, -0.15) is 5.26 Å². The lowest BCUT2D eigenvalue weighted by Crippen LogP contribution is -2.60. The molecule has 0 aliphatic carbocycles. The number of amides is 5. The molecule has 0 saturated carbocycles. The molecular formula is C30H34FN5O5. The van der Waals surface area contributed by atoms with Crippen molar-refractivity contribution in [3.63, 3.8) is 0 Å². The fraction of sp³-hybridized carbons (Fsp3) is 0.433. The first-order chi connectivity index (χ1) is 19.6. The minimum atomic E-state index is -1.26. The van der Waals surface area contributed by atoms with Gasteiger partial charge in [0.05, 0.1) is 18.7 Å². The van der Waals surface area contributed by atoms with E-state index in [-0.39, 0.29) is 49.9 Å². The monoisotopic (exact) mass is 563 g/mol. The molecule has 2 fully saturated rings. The summed E-state index contributed by atoms with van der Waals surface area (Å²) >= 11 is 0. The van der Waals surface area contributed by atoms with E-state index in [9.17, 15) is 28.8 Å². The molecule has 10 nitrogen and oxygen atoms in total. The number of halogens is 1. The highest BCUT2D eigenvalue weighted by molar-refractivity contribution is 6.17. The summed E-state index contributed by atoms with van der Waals surface area (Å²) in [6, 6.07) is 11.4. The number of nitrogens with one attached hydrogen (secondary N) is 1. The third kappa shape index (κ3) is 5.46. The highest BCUT2D eigenvalue weighted by Gasteiger charge is 2.59. The lowest BCUT2D eigenvalue weighted by molar-refractivity contribution is -0.139. The largest absolute Gasteiger partial charge is 0.497 e. The normalized spacial score (nSPS) is 17.1. The van der Waals surface area contributed by atoms with E-state index in [4.69, 9.17) is 4.74 Å². The van der Waals surface area contributed by atoms with Crippen molar-refractivity contribution in [3.05, 3.63) is 59.4 Å². The van der Waals surface area contributed by atoms with Gasteiger partial charge in [0.25, 0.3) is 11.8 Å². The number of aryl methyl sites for hydroxylation is 1. The lowest BCUT2D eigenvalue weighted by Gasteiger charge is -2.43. The van der Waals surface area contributed by atoms with Crippen LogP contribution in [0.25, 0.3) is 0 Å². The lowest BCUT2D eigenvalue weighted by atomic mass is 9.85. The molecule has 1 unspecified atom stereocenters. The van der Waals surface area contributed by atoms with Crippen LogP contribution in [0.5, 0.6) is 5.75 Å². The number of hydrogen-bond donors (Lipinski definition) is 1. The Morgan fingerprint density at radius 1 is 1.12 bits per heavy atom. The number of carbonyl (C=O) groups excluding carboxylic acids is 4. The second-order valence-electron chi connectivity index (χ2n) is 10.6. The number of hydrogen-bond acceptors (Lipinski definition) is 6. The van der Waals surface area contributed by atoms with Gasteiger partial charge in [-0.1, -0.05) is 26.8 Å². The maximum atomic E-state index is 14.5. The van der Waals surface area contributed by atoms with Gasteiger partial charge in [-0.15, -0.1) is 0 Å². The van der Waals surface area contributed by atoms with Gasteiger partial charge in [-0.3, -0.25) is 19.3 Å². The molecule has 41 heavy (non-hydrogen) atoms. The number of urea groups is 1. The van der Waals surface area contributed by atoms with Crippen molar-refractivity contribution in [1.82, 2.24) is 15.1 Å². The van der Waals surface area contributed by atoms with Crippen molar-refractivity contribution >= 4 is 29.4 Å². The zero-order valence-corrected chi connectivity index (χ0v) is 23.6. The van der Waals surface area contributed by atoms with Gasteiger partial charge in [0.2, 0.25) is 5.91 Å². The number of imide groups is 1. The number of rotatable bonds is 8. The van der Waals surface area contributed by atoms with Crippen molar-refractivity contribution in [3.8, 4) is 11.8 Å². The van der Waals surface area contributed by atoms with E-state index in [1.807, 2.05) is 13.0 Å². The SMILES string of the molecule is CCc1ccc(F)c(C(=O)NC(C(=O)N2CCC3(CC2)C(=O)N(CC#N)C(=O)N3c2ccc(OC)cc2)C(C)C)c1. The molecule has 11 heteroatoms. The number of nitrogens with zero attached hydrogens (tertiary/aromatic N) is 4. The summed E-state index contributed by atoms with van der Waals surface area (Å²) in [6.07, 6.45) is 0.912. The number of ether oxygens (including phenoxy) is 1. The molecule has 2 saturated heterocycles. The van der Waals surface area contributed by atoms with Crippen molar-refractivity contribution in [1.29, 1.82) is 5.26 Å². The standard InChI is InChI=1S/C30H34FN5O5/c1-5-20-6-11-24(31)23(18-20)26(37)33-25(19(2)3)27(38)34-15-12-30(13-16-34)28(39)35(17-14-32)29(40)36(30)21-7-9-22(41-4)10-8-21/h6-11,18-19,25H,5,12-13,15-17H2,1-4H3,(H,33,37). The highest BCUT2D eigenvalue weighted by atomic mass is 19.1. The first-order valence-corrected chi connectivity index (χ1v) is 13.6. The number of nitriles is 1. The van der Waals surface area contributed by atoms with Gasteiger partial charge < -0.3 is 15.0 Å². The number of carbonyl (C=O) groups is 4. The average molecular weight is 564 g/mol. The average Bonchev–Trinajstić information content (AvgIpc) is 3.17. The summed E-state index contributed by atoms with van der Waals surface area (Å²) in [5.41, 5.74) is -0.108. The molecule has 1 spiro atoms. The van der Waals surface area contributed by atoms with E-state index in [2.05, 4.69) is 5.32 Å². The molecule has 216 valence electrons. The second kappa shape index (κ2) is 12.0. The van der Waals surface area contributed by atoms with Gasteiger partial charge in [-0.05, 0) is 67.1 Å². The van der Waals surface area contributed by atoms with Gasteiger partial charge in [-0.25, -0.2) is 14.1 Å². The predicted octanol–water partition coefficient (Wildman–Crippen LogP) is 3.50. The van der Waals surface area contributed by atoms with Gasteiger partial charge in [0.15, 0.2) is 0 Å². The molecule has 0 aromatic heterocycles. The van der Waals surface area contributed by atoms with Crippen LogP contribution < -0.4 is 15.0 Å². The van der Waals surface area contributed by atoms with Crippen LogP contribution in [0.15, 0.2) is 42.5 Å². The third-order valence-corrected chi connectivity index (χ3v) is 7.86. The summed E-state index contributed by atoms with van der Waals surface area (Å²) in [7, 11) is 1.52. The van der Waals surface area contributed by atoms with E-state index < -0.39 is 35.2 Å². The summed E-state index contributed by atoms with van der Waals surface area (Å²) in [5, 5.41) is 12.0. The molecule has 1 N–H and O–H groups in total. The number of methoxy groups -OCH3 is 1. The van der Waals surface area contributed by atoms with E-state index in [0.717, 1.165) is 10.5 Å². The predicted molar refractivity (Wildman–Crippen MR) is 149 cm³/mol. The number of likely N-dealkylation sites (tertiary alicyclic amines) is 1. The van der Waals surface area contributed by atoms with Crippen LogP contribution in [-0.2, 0) is 16.0 Å². The smallest absolute Gasteiger partial charge is 0.333 e. The van der Waals surface area contributed by atoms with Crippen LogP contribution >= 0.6 is 0 Å². The van der Waals surface area contributed by atoms with Crippen LogP contribution in [0, 0.1) is 23.1 Å². The Balaban J connectivity index is 1.55. The molecule has 2 aliphatic rings. The Hall–Kier alpha value is -4.46. The summed E-state index contributed by atoms with van der Waals surface area (Å²) < 4.78 is 19.7. The summed E-state index contributed by atoms with van der Waals surface area (Å²) in [6.45, 7) is 5.38. The van der Waals surface area contributed by atoms with Crippen molar-refractivity contribution in [2.24, 2.45) is 5.92 Å². The topological polar surface area (TPSA) is 123 Å². The number of anilines is 1. The minimum Gasteiger partial charge on any atom is -0.497 e. The summed E-state index contributed by atoms with van der Waals surface area (Å²) in [4.78, 5) is 57.5. The van der Waals surface area contributed by atoms with E-state index in [0.29, 0.717) is 17.9 Å². The van der Waals surface area contributed by atoms with Crippen molar-refractivity contribution < 1.29 is 28.3 Å². The Kier molecular flexibility index (Phi) is 8.61. The number of piperidine rings is 1. The number of benzene rings is 2. The highest BCUT2D eigenvalue weighted by Crippen LogP contribution is 2.41. The quantitative estimate of drug-likeness (QED) is 0.387. The fourth-order valence-corrected chi connectivity index (χ4v) is 5.47. The van der Waals surface area contributed by atoms with Crippen LogP contribution in [0.1, 0.15) is 49.5 Å². The molecule has 4 rings (SSSR count). The first kappa shape index (κ1) is 29.5. The molecular weight excluding hydrogens is 529 g/mol. The zero-order valence-electron chi connectivity index (χ0n) is 23.6. The fourth-order valence-electron chi connectivity index (χ4n) is 5.47. The summed E-state index contributed by atoms with van der Waals surface area (Å²) in [5.74, 6) is -1.88. The molecule has 0 bridgehead atoms. The zero-order chi connectivity index (χ0) is 29.9. The van der Waals surface area contributed by atoms with Gasteiger partial charge in [0.1, 0.15) is 29.7 Å². The Bertz CT molecular complexity index is 1380. The minimum absolute atomic E-state index is 0.122. The maximum absolute atomic E-state index is 14.5. The Morgan fingerprint density at radius 2 is 1.78 bits per heavy atom. The van der Waals surface area contributed by atoms with Crippen molar-refractivity contribution in [2.75, 3.05) is 31.6 Å². The van der Waals surface area contributed by atoms with E-state index in [1.165, 1.54) is 24.1 Å². The van der Waals surface area contributed by atoms with Crippen LogP contribution in [0.2, 0.25) is 0 Å². The molecule has 0 radical (unpaired) electrons. The Labute approximate surface area is 238 Å². The first-order valence-electron chi connectivity index (χ1n) is 13.6. The Morgan fingerprint density at radius 3 is 2.34 bits per heavy atom. The van der Waals surface area contributed by atoms with E-state index >= 15 is 0 Å². The van der Waals surface area contributed by atoms with Crippen LogP contribution in [0.4, 0.5) is 14.9 Å². The molecule has 5 amide bonds.